The Morgan fingerprint density at radius 1 is 1.03 bits per heavy atom. The molecule has 0 heterocycles. The smallest absolute Gasteiger partial charge is 0.242 e. The van der Waals surface area contributed by atoms with Crippen molar-refractivity contribution in [3.63, 3.8) is 0 Å². The van der Waals surface area contributed by atoms with E-state index in [1.807, 2.05) is 13.0 Å². The average Bonchev–Trinajstić information content (AvgIpc) is 2.70. The molecule has 0 aromatic heterocycles. The number of carbonyl (C=O) groups excluding carboxylic acids is 2. The van der Waals surface area contributed by atoms with Gasteiger partial charge in [0.1, 0.15) is 6.04 Å². The number of benzene rings is 2. The van der Waals surface area contributed by atoms with Gasteiger partial charge in [0.2, 0.25) is 11.8 Å². The highest BCUT2D eigenvalue weighted by atomic mass is 35.5. The van der Waals surface area contributed by atoms with E-state index in [0.717, 1.165) is 11.1 Å². The molecule has 2 aromatic carbocycles. The molecule has 0 bridgehead atoms. The van der Waals surface area contributed by atoms with Crippen LogP contribution >= 0.6 is 58.2 Å². The van der Waals surface area contributed by atoms with E-state index in [2.05, 4.69) is 5.32 Å². The molecule has 0 radical (unpaired) electrons. The summed E-state index contributed by atoms with van der Waals surface area (Å²) in [5.74, 6) is 0.383. The van der Waals surface area contributed by atoms with Crippen LogP contribution in [-0.2, 0) is 21.9 Å². The van der Waals surface area contributed by atoms with Gasteiger partial charge < -0.3 is 10.2 Å². The molecule has 0 aliphatic rings. The maximum Gasteiger partial charge on any atom is 0.242 e. The average molecular weight is 508 g/mol. The molecule has 1 N–H and O–H groups in total. The van der Waals surface area contributed by atoms with Crippen molar-refractivity contribution in [2.45, 2.75) is 32.2 Å². The van der Waals surface area contributed by atoms with Crippen molar-refractivity contribution in [2.75, 3.05) is 12.3 Å². The number of nitrogens with zero attached hydrogens (tertiary/aromatic N) is 1. The van der Waals surface area contributed by atoms with Gasteiger partial charge in [0.05, 0.1) is 15.8 Å². The second kappa shape index (κ2) is 12.1. The highest BCUT2D eigenvalue weighted by molar-refractivity contribution is 7.99. The first kappa shape index (κ1) is 25.2. The topological polar surface area (TPSA) is 49.4 Å². The van der Waals surface area contributed by atoms with Crippen LogP contribution in [0.15, 0.2) is 36.4 Å². The van der Waals surface area contributed by atoms with Crippen LogP contribution in [0, 0.1) is 0 Å². The molecule has 0 spiro atoms. The Balaban J connectivity index is 2.10. The molecule has 0 saturated carbocycles. The van der Waals surface area contributed by atoms with E-state index in [1.54, 1.807) is 42.2 Å². The number of nitrogens with one attached hydrogen (secondary N) is 1. The molecule has 9 heteroatoms. The van der Waals surface area contributed by atoms with Gasteiger partial charge in [-0.05, 0) is 49.2 Å². The number of amides is 2. The second-order valence-electron chi connectivity index (χ2n) is 6.57. The van der Waals surface area contributed by atoms with Crippen molar-refractivity contribution >= 4 is 70.0 Å². The summed E-state index contributed by atoms with van der Waals surface area (Å²) in [6, 6.07) is 9.82. The van der Waals surface area contributed by atoms with E-state index in [0.29, 0.717) is 32.4 Å². The fraction of sp³-hybridized carbons (Fsp3) is 0.333. The molecule has 0 aliphatic carbocycles. The van der Waals surface area contributed by atoms with E-state index < -0.39 is 6.04 Å². The third kappa shape index (κ3) is 7.24. The SMILES string of the molecule is CCNC(=O)[C@H](C)N(Cc1ccc(Cl)c(Cl)c1)C(=O)CSCc1ccc(Cl)cc1Cl. The van der Waals surface area contributed by atoms with Gasteiger partial charge in [-0.2, -0.15) is 0 Å². The predicted molar refractivity (Wildman–Crippen MR) is 128 cm³/mol. The van der Waals surface area contributed by atoms with Gasteiger partial charge in [0.25, 0.3) is 0 Å². The van der Waals surface area contributed by atoms with Crippen LogP contribution in [0.3, 0.4) is 0 Å². The number of rotatable bonds is 9. The summed E-state index contributed by atoms with van der Waals surface area (Å²) in [6.45, 7) is 4.28. The number of hydrogen-bond acceptors (Lipinski definition) is 3. The molecular formula is C21H22Cl4N2O2S. The summed E-state index contributed by atoms with van der Waals surface area (Å²) in [7, 11) is 0. The van der Waals surface area contributed by atoms with Crippen LogP contribution in [0.5, 0.6) is 0 Å². The van der Waals surface area contributed by atoms with Crippen molar-refractivity contribution in [3.05, 3.63) is 67.6 Å². The van der Waals surface area contributed by atoms with E-state index in [-0.39, 0.29) is 24.1 Å². The van der Waals surface area contributed by atoms with Gasteiger partial charge in [-0.1, -0.05) is 58.5 Å². The minimum absolute atomic E-state index is 0.157. The molecule has 162 valence electrons. The molecule has 2 rings (SSSR count). The number of halogens is 4. The highest BCUT2D eigenvalue weighted by Crippen LogP contribution is 2.26. The number of carbonyl (C=O) groups is 2. The molecule has 2 aromatic rings. The summed E-state index contributed by atoms with van der Waals surface area (Å²) in [6.07, 6.45) is 0. The quantitative estimate of drug-likeness (QED) is 0.447. The predicted octanol–water partition coefficient (Wildman–Crippen LogP) is 6.09. The molecule has 0 aliphatic heterocycles. The molecule has 4 nitrogen and oxygen atoms in total. The Morgan fingerprint density at radius 3 is 2.40 bits per heavy atom. The maximum atomic E-state index is 13.0. The van der Waals surface area contributed by atoms with Crippen LogP contribution in [0.25, 0.3) is 0 Å². The summed E-state index contributed by atoms with van der Waals surface area (Å²) in [5.41, 5.74) is 1.69. The highest BCUT2D eigenvalue weighted by Gasteiger charge is 2.26. The van der Waals surface area contributed by atoms with Crippen molar-refractivity contribution in [2.24, 2.45) is 0 Å². The first-order chi connectivity index (χ1) is 14.2. The standard InChI is InChI=1S/C21H22Cl4N2O2S/c1-3-26-21(29)13(2)27(10-14-4-7-17(23)19(25)8-14)20(28)12-30-11-15-5-6-16(22)9-18(15)24/h4-9,13H,3,10-12H2,1-2H3,(H,26,29)/t13-/m0/s1. The lowest BCUT2D eigenvalue weighted by atomic mass is 10.1. The zero-order valence-electron chi connectivity index (χ0n) is 16.6. The van der Waals surface area contributed by atoms with E-state index in [4.69, 9.17) is 46.4 Å². The van der Waals surface area contributed by atoms with Gasteiger partial charge in [-0.15, -0.1) is 11.8 Å². The minimum Gasteiger partial charge on any atom is -0.355 e. The summed E-state index contributed by atoms with van der Waals surface area (Å²) in [4.78, 5) is 26.9. The fourth-order valence-electron chi connectivity index (χ4n) is 2.71. The van der Waals surface area contributed by atoms with E-state index in [1.165, 1.54) is 11.8 Å². The molecular weight excluding hydrogens is 486 g/mol. The maximum absolute atomic E-state index is 13.0. The minimum atomic E-state index is -0.633. The Morgan fingerprint density at radius 2 is 1.77 bits per heavy atom. The van der Waals surface area contributed by atoms with Gasteiger partial charge in [0.15, 0.2) is 0 Å². The first-order valence-electron chi connectivity index (χ1n) is 9.25. The van der Waals surface area contributed by atoms with Crippen LogP contribution in [0.4, 0.5) is 0 Å². The number of hydrogen-bond donors (Lipinski definition) is 1. The van der Waals surface area contributed by atoms with Gasteiger partial charge >= 0.3 is 0 Å². The lowest BCUT2D eigenvalue weighted by Gasteiger charge is -2.28. The summed E-state index contributed by atoms with van der Waals surface area (Å²) < 4.78 is 0. The lowest BCUT2D eigenvalue weighted by molar-refractivity contribution is -0.138. The summed E-state index contributed by atoms with van der Waals surface area (Å²) >= 11 is 25.6. The molecule has 0 fully saturated rings. The zero-order chi connectivity index (χ0) is 22.3. The third-order valence-corrected chi connectivity index (χ3v) is 6.65. The molecule has 1 atom stereocenters. The fourth-order valence-corrected chi connectivity index (χ4v) is 4.50. The Kier molecular flexibility index (Phi) is 10.1. The number of likely N-dealkylation sites (N-methyl/N-ethyl adjacent to an activating group) is 1. The zero-order valence-corrected chi connectivity index (χ0v) is 20.4. The van der Waals surface area contributed by atoms with Crippen LogP contribution < -0.4 is 5.32 Å². The number of thioether (sulfide) groups is 1. The van der Waals surface area contributed by atoms with Gasteiger partial charge in [0, 0.05) is 28.9 Å². The molecule has 0 saturated heterocycles. The van der Waals surface area contributed by atoms with Crippen LogP contribution in [-0.4, -0.2) is 35.1 Å². The molecule has 30 heavy (non-hydrogen) atoms. The Hall–Kier alpha value is -1.11. The monoisotopic (exact) mass is 506 g/mol. The summed E-state index contributed by atoms with van der Waals surface area (Å²) in [5, 5.41) is 4.73. The second-order valence-corrected chi connectivity index (χ2v) is 9.21. The van der Waals surface area contributed by atoms with Crippen molar-refractivity contribution in [1.29, 1.82) is 0 Å². The molecule has 0 unspecified atom stereocenters. The molecule has 2 amide bonds. The van der Waals surface area contributed by atoms with Crippen molar-refractivity contribution in [1.82, 2.24) is 10.2 Å². The normalized spacial score (nSPS) is 11.8. The third-order valence-electron chi connectivity index (χ3n) is 4.35. The van der Waals surface area contributed by atoms with Gasteiger partial charge in [-0.25, -0.2) is 0 Å². The van der Waals surface area contributed by atoms with Crippen LogP contribution in [0.1, 0.15) is 25.0 Å². The Bertz CT molecular complexity index is 911. The Labute approximate surface area is 201 Å². The van der Waals surface area contributed by atoms with Gasteiger partial charge in [-0.3, -0.25) is 9.59 Å². The lowest BCUT2D eigenvalue weighted by Crippen LogP contribution is -2.48. The first-order valence-corrected chi connectivity index (χ1v) is 11.9. The van der Waals surface area contributed by atoms with Crippen molar-refractivity contribution < 1.29 is 9.59 Å². The van der Waals surface area contributed by atoms with Crippen LogP contribution in [0.2, 0.25) is 20.1 Å². The van der Waals surface area contributed by atoms with E-state index >= 15 is 0 Å². The van der Waals surface area contributed by atoms with Crippen molar-refractivity contribution in [3.8, 4) is 0 Å². The van der Waals surface area contributed by atoms with E-state index in [9.17, 15) is 9.59 Å². The largest absolute Gasteiger partial charge is 0.355 e.